The molecule has 7 nitrogen and oxygen atoms in total. The standard InChI is InChI=1S/C23H23N3O4/c1-16(2)14-22(28)25-19-8-4-17(5-9-19)21(27)15-30-23(29)18-6-10-20(11-7-18)26-13-3-12-24-26/h3-13,16H,14-15H2,1-2H3,(H,25,28). The molecule has 0 aliphatic rings. The van der Waals surface area contributed by atoms with Crippen LogP contribution in [0.4, 0.5) is 5.69 Å². The number of ether oxygens (including phenoxy) is 1. The number of hydrogen-bond donors (Lipinski definition) is 1. The van der Waals surface area contributed by atoms with E-state index >= 15 is 0 Å². The van der Waals surface area contributed by atoms with E-state index in [1.165, 1.54) is 0 Å². The molecule has 3 rings (SSSR count). The van der Waals surface area contributed by atoms with Crippen LogP contribution in [0.25, 0.3) is 5.69 Å². The third-order valence-electron chi connectivity index (χ3n) is 4.29. The minimum Gasteiger partial charge on any atom is -0.454 e. The second-order valence-electron chi connectivity index (χ2n) is 7.22. The van der Waals surface area contributed by atoms with E-state index in [1.54, 1.807) is 71.7 Å². The van der Waals surface area contributed by atoms with E-state index in [1.807, 2.05) is 13.8 Å². The molecule has 0 saturated heterocycles. The molecule has 1 aromatic heterocycles. The number of Topliss-reactive ketones (excluding diaryl/α,β-unsaturated/α-hetero) is 1. The summed E-state index contributed by atoms with van der Waals surface area (Å²) in [6.07, 6.45) is 3.90. The van der Waals surface area contributed by atoms with Gasteiger partial charge in [0.05, 0.1) is 11.3 Å². The zero-order chi connectivity index (χ0) is 21.5. The van der Waals surface area contributed by atoms with Gasteiger partial charge in [-0.1, -0.05) is 13.8 Å². The van der Waals surface area contributed by atoms with Crippen molar-refractivity contribution in [1.82, 2.24) is 9.78 Å². The van der Waals surface area contributed by atoms with E-state index in [4.69, 9.17) is 4.74 Å². The number of carbonyl (C=O) groups is 3. The zero-order valence-electron chi connectivity index (χ0n) is 16.9. The third-order valence-corrected chi connectivity index (χ3v) is 4.29. The first-order valence-electron chi connectivity index (χ1n) is 9.62. The second kappa shape index (κ2) is 9.65. The van der Waals surface area contributed by atoms with Crippen molar-refractivity contribution in [3.05, 3.63) is 78.1 Å². The molecule has 3 aromatic rings. The SMILES string of the molecule is CC(C)CC(=O)Nc1ccc(C(=O)COC(=O)c2ccc(-n3cccn3)cc2)cc1. The van der Waals surface area contributed by atoms with Crippen LogP contribution in [0.15, 0.2) is 67.0 Å². The summed E-state index contributed by atoms with van der Waals surface area (Å²) in [4.78, 5) is 36.3. The van der Waals surface area contributed by atoms with Gasteiger partial charge in [-0.05, 0) is 60.5 Å². The maximum atomic E-state index is 12.3. The van der Waals surface area contributed by atoms with Crippen molar-refractivity contribution in [2.75, 3.05) is 11.9 Å². The third kappa shape index (κ3) is 5.64. The van der Waals surface area contributed by atoms with Gasteiger partial charge in [0.15, 0.2) is 12.4 Å². The summed E-state index contributed by atoms with van der Waals surface area (Å²) in [7, 11) is 0. The number of carbonyl (C=O) groups excluding carboxylic acids is 3. The molecule has 0 atom stereocenters. The van der Waals surface area contributed by atoms with Gasteiger partial charge in [0.2, 0.25) is 5.91 Å². The molecule has 1 heterocycles. The Balaban J connectivity index is 1.52. The molecule has 0 saturated carbocycles. The highest BCUT2D eigenvalue weighted by molar-refractivity contribution is 6.00. The van der Waals surface area contributed by atoms with Gasteiger partial charge in [0.1, 0.15) is 0 Å². The summed E-state index contributed by atoms with van der Waals surface area (Å²) >= 11 is 0. The minimum absolute atomic E-state index is 0.0726. The summed E-state index contributed by atoms with van der Waals surface area (Å²) < 4.78 is 6.81. The first kappa shape index (κ1) is 21.0. The molecule has 0 bridgehead atoms. The van der Waals surface area contributed by atoms with Crippen molar-refractivity contribution >= 4 is 23.3 Å². The smallest absolute Gasteiger partial charge is 0.338 e. The monoisotopic (exact) mass is 405 g/mol. The average molecular weight is 405 g/mol. The van der Waals surface area contributed by atoms with E-state index in [0.717, 1.165) is 5.69 Å². The highest BCUT2D eigenvalue weighted by Crippen LogP contribution is 2.13. The fourth-order valence-electron chi connectivity index (χ4n) is 2.79. The second-order valence-corrected chi connectivity index (χ2v) is 7.22. The molecule has 1 N–H and O–H groups in total. The molecule has 0 fully saturated rings. The van der Waals surface area contributed by atoms with Crippen molar-refractivity contribution < 1.29 is 19.1 Å². The van der Waals surface area contributed by atoms with Crippen LogP contribution in [0.5, 0.6) is 0 Å². The van der Waals surface area contributed by atoms with E-state index in [9.17, 15) is 14.4 Å². The minimum atomic E-state index is -0.576. The molecule has 1 amide bonds. The Labute approximate surface area is 174 Å². The van der Waals surface area contributed by atoms with Crippen LogP contribution in [0.3, 0.4) is 0 Å². The lowest BCUT2D eigenvalue weighted by Crippen LogP contribution is -2.15. The summed E-state index contributed by atoms with van der Waals surface area (Å²) in [6.45, 7) is 3.58. The summed E-state index contributed by atoms with van der Waals surface area (Å²) in [5, 5.41) is 6.91. The van der Waals surface area contributed by atoms with Crippen molar-refractivity contribution in [1.29, 1.82) is 0 Å². The lowest BCUT2D eigenvalue weighted by molar-refractivity contribution is -0.116. The highest BCUT2D eigenvalue weighted by atomic mass is 16.5. The normalized spacial score (nSPS) is 10.6. The molecular weight excluding hydrogens is 382 g/mol. The number of amides is 1. The Hall–Kier alpha value is -3.74. The van der Waals surface area contributed by atoms with Crippen LogP contribution >= 0.6 is 0 Å². The van der Waals surface area contributed by atoms with Crippen LogP contribution in [0.1, 0.15) is 41.0 Å². The Morgan fingerprint density at radius 2 is 1.67 bits per heavy atom. The van der Waals surface area contributed by atoms with E-state index in [0.29, 0.717) is 23.2 Å². The number of esters is 1. The summed E-state index contributed by atoms with van der Waals surface area (Å²) in [5.74, 6) is -0.705. The number of hydrogen-bond acceptors (Lipinski definition) is 5. The van der Waals surface area contributed by atoms with Gasteiger partial charge >= 0.3 is 5.97 Å². The quantitative estimate of drug-likeness (QED) is 0.453. The molecule has 30 heavy (non-hydrogen) atoms. The number of nitrogens with one attached hydrogen (secondary N) is 1. The van der Waals surface area contributed by atoms with Gasteiger partial charge in [-0.15, -0.1) is 0 Å². The van der Waals surface area contributed by atoms with Crippen molar-refractivity contribution in [3.8, 4) is 5.69 Å². The predicted octanol–water partition coefficient (Wildman–Crippen LogP) is 3.90. The number of benzene rings is 2. The topological polar surface area (TPSA) is 90.3 Å². The van der Waals surface area contributed by atoms with E-state index in [-0.39, 0.29) is 24.2 Å². The summed E-state index contributed by atoms with van der Waals surface area (Å²) in [5.41, 5.74) is 2.18. The molecule has 0 spiro atoms. The molecule has 0 radical (unpaired) electrons. The van der Waals surface area contributed by atoms with Crippen LogP contribution in [0.2, 0.25) is 0 Å². The fourth-order valence-corrected chi connectivity index (χ4v) is 2.79. The first-order valence-corrected chi connectivity index (χ1v) is 9.62. The number of rotatable bonds is 8. The van der Waals surface area contributed by atoms with Crippen molar-refractivity contribution in [3.63, 3.8) is 0 Å². The Kier molecular flexibility index (Phi) is 6.75. The first-order chi connectivity index (χ1) is 14.4. The summed E-state index contributed by atoms with van der Waals surface area (Å²) in [6, 6.07) is 15.1. The maximum Gasteiger partial charge on any atom is 0.338 e. The number of ketones is 1. The number of anilines is 1. The van der Waals surface area contributed by atoms with Crippen LogP contribution in [0, 0.1) is 5.92 Å². The largest absolute Gasteiger partial charge is 0.454 e. The zero-order valence-corrected chi connectivity index (χ0v) is 16.9. The van der Waals surface area contributed by atoms with E-state index < -0.39 is 5.97 Å². The predicted molar refractivity (Wildman–Crippen MR) is 113 cm³/mol. The van der Waals surface area contributed by atoms with Crippen LogP contribution in [-0.2, 0) is 9.53 Å². The molecular formula is C23H23N3O4. The van der Waals surface area contributed by atoms with Crippen LogP contribution in [-0.4, -0.2) is 34.0 Å². The lowest BCUT2D eigenvalue weighted by atomic mass is 10.1. The van der Waals surface area contributed by atoms with Gasteiger partial charge in [-0.25, -0.2) is 9.48 Å². The Morgan fingerprint density at radius 3 is 2.27 bits per heavy atom. The fraction of sp³-hybridized carbons (Fsp3) is 0.217. The van der Waals surface area contributed by atoms with Gasteiger partial charge in [-0.3, -0.25) is 9.59 Å². The van der Waals surface area contributed by atoms with Gasteiger partial charge in [-0.2, -0.15) is 5.10 Å². The lowest BCUT2D eigenvalue weighted by Gasteiger charge is -2.08. The molecule has 0 unspecified atom stereocenters. The molecule has 154 valence electrons. The van der Waals surface area contributed by atoms with Gasteiger partial charge < -0.3 is 10.1 Å². The van der Waals surface area contributed by atoms with Crippen LogP contribution < -0.4 is 5.32 Å². The molecule has 7 heteroatoms. The highest BCUT2D eigenvalue weighted by Gasteiger charge is 2.13. The number of aromatic nitrogens is 2. The molecule has 0 aliphatic heterocycles. The van der Waals surface area contributed by atoms with Crippen molar-refractivity contribution in [2.24, 2.45) is 5.92 Å². The Bertz CT molecular complexity index is 1010. The average Bonchev–Trinajstić information content (AvgIpc) is 3.26. The molecule has 0 aliphatic carbocycles. The maximum absolute atomic E-state index is 12.3. The van der Waals surface area contributed by atoms with Gasteiger partial charge in [0, 0.05) is 30.1 Å². The van der Waals surface area contributed by atoms with Crippen molar-refractivity contribution in [2.45, 2.75) is 20.3 Å². The molecule has 2 aromatic carbocycles. The Morgan fingerprint density at radius 1 is 1.00 bits per heavy atom. The van der Waals surface area contributed by atoms with Gasteiger partial charge in [0.25, 0.3) is 0 Å². The van der Waals surface area contributed by atoms with E-state index in [2.05, 4.69) is 10.4 Å². The number of nitrogens with zero attached hydrogens (tertiary/aromatic N) is 2.